The molecule has 1 aromatic carbocycles. The molecular formula is C14H8F3NO2S2. The number of H-pyrrole nitrogens is 1. The molecule has 22 heavy (non-hydrogen) atoms. The van der Waals surface area contributed by atoms with Crippen LogP contribution >= 0.6 is 23.1 Å². The summed E-state index contributed by atoms with van der Waals surface area (Å²) in [5.74, 6) is -1.20. The van der Waals surface area contributed by atoms with E-state index in [2.05, 4.69) is 4.98 Å². The number of halogens is 3. The van der Waals surface area contributed by atoms with Crippen molar-refractivity contribution in [3.8, 4) is 0 Å². The predicted molar refractivity (Wildman–Crippen MR) is 78.7 cm³/mol. The number of carboxylic acids is 1. The van der Waals surface area contributed by atoms with Crippen LogP contribution in [0.3, 0.4) is 0 Å². The first-order chi connectivity index (χ1) is 10.4. The van der Waals surface area contributed by atoms with E-state index in [0.29, 0.717) is 15.1 Å². The summed E-state index contributed by atoms with van der Waals surface area (Å²) in [6.07, 6.45) is -4.49. The molecule has 0 unspecified atom stereocenters. The van der Waals surface area contributed by atoms with Gasteiger partial charge >= 0.3 is 12.1 Å². The highest BCUT2D eigenvalue weighted by Crippen LogP contribution is 2.44. The zero-order valence-corrected chi connectivity index (χ0v) is 12.4. The molecule has 0 amide bonds. The number of fused-ring (bicyclic) bond motifs is 1. The average Bonchev–Trinajstić information content (AvgIpc) is 3.01. The Labute approximate surface area is 130 Å². The Morgan fingerprint density at radius 3 is 2.64 bits per heavy atom. The van der Waals surface area contributed by atoms with Gasteiger partial charge in [-0.15, -0.1) is 11.3 Å². The highest BCUT2D eigenvalue weighted by atomic mass is 32.2. The van der Waals surface area contributed by atoms with Gasteiger partial charge in [-0.1, -0.05) is 23.9 Å². The third kappa shape index (κ3) is 2.59. The molecule has 0 fully saturated rings. The number of rotatable bonds is 3. The topological polar surface area (TPSA) is 53.1 Å². The Hall–Kier alpha value is -1.93. The number of thiophene rings is 1. The molecule has 3 nitrogen and oxygen atoms in total. The molecule has 0 radical (unpaired) electrons. The lowest BCUT2D eigenvalue weighted by Gasteiger charge is -2.11. The van der Waals surface area contributed by atoms with E-state index < -0.39 is 17.7 Å². The van der Waals surface area contributed by atoms with Gasteiger partial charge in [-0.3, -0.25) is 0 Å². The van der Waals surface area contributed by atoms with Crippen molar-refractivity contribution in [2.75, 3.05) is 0 Å². The standard InChI is InChI=1S/C14H8F3NO2S2/c15-14(16,17)7-3-1-2-4-9(7)22-12-10(13(19)20)18-8-5-6-21-11(8)12/h1-6,18H,(H,19,20). The lowest BCUT2D eigenvalue weighted by atomic mass is 10.2. The molecule has 8 heteroatoms. The molecule has 114 valence electrons. The second-order valence-electron chi connectivity index (χ2n) is 4.39. The van der Waals surface area contributed by atoms with E-state index in [-0.39, 0.29) is 10.6 Å². The minimum absolute atomic E-state index is 0.0215. The van der Waals surface area contributed by atoms with Crippen LogP contribution in [0.2, 0.25) is 0 Å². The van der Waals surface area contributed by atoms with Gasteiger partial charge in [0.25, 0.3) is 0 Å². The Balaban J connectivity index is 2.13. The summed E-state index contributed by atoms with van der Waals surface area (Å²) >= 11 is 2.10. The van der Waals surface area contributed by atoms with Crippen LogP contribution in [0.5, 0.6) is 0 Å². The van der Waals surface area contributed by atoms with Crippen molar-refractivity contribution in [1.29, 1.82) is 0 Å². The van der Waals surface area contributed by atoms with Crippen molar-refractivity contribution in [3.63, 3.8) is 0 Å². The fourth-order valence-electron chi connectivity index (χ4n) is 2.04. The molecule has 0 spiro atoms. The van der Waals surface area contributed by atoms with Crippen molar-refractivity contribution in [2.45, 2.75) is 16.0 Å². The molecule has 0 aliphatic carbocycles. The van der Waals surface area contributed by atoms with Gasteiger partial charge in [0.1, 0.15) is 5.69 Å². The quantitative estimate of drug-likeness (QED) is 0.696. The monoisotopic (exact) mass is 343 g/mol. The van der Waals surface area contributed by atoms with Crippen molar-refractivity contribution in [3.05, 3.63) is 47.0 Å². The summed E-state index contributed by atoms with van der Waals surface area (Å²) in [7, 11) is 0. The molecule has 2 heterocycles. The van der Waals surface area contributed by atoms with Gasteiger partial charge in [0, 0.05) is 4.90 Å². The molecule has 0 saturated heterocycles. The van der Waals surface area contributed by atoms with Crippen molar-refractivity contribution in [2.24, 2.45) is 0 Å². The maximum absolute atomic E-state index is 13.1. The first-order valence-corrected chi connectivity index (χ1v) is 7.74. The second kappa shape index (κ2) is 5.36. The van der Waals surface area contributed by atoms with E-state index >= 15 is 0 Å². The molecule has 2 N–H and O–H groups in total. The van der Waals surface area contributed by atoms with Crippen LogP contribution in [0.25, 0.3) is 10.2 Å². The smallest absolute Gasteiger partial charge is 0.417 e. The van der Waals surface area contributed by atoms with Crippen LogP contribution in [0, 0.1) is 0 Å². The lowest BCUT2D eigenvalue weighted by molar-refractivity contribution is -0.139. The highest BCUT2D eigenvalue weighted by molar-refractivity contribution is 7.99. The van der Waals surface area contributed by atoms with E-state index in [0.717, 1.165) is 17.8 Å². The number of hydrogen-bond acceptors (Lipinski definition) is 3. The molecule has 0 bridgehead atoms. The molecule has 2 aromatic heterocycles. The van der Waals surface area contributed by atoms with Gasteiger partial charge in [0.2, 0.25) is 0 Å². The number of aromatic amines is 1. The Kier molecular flexibility index (Phi) is 3.65. The van der Waals surface area contributed by atoms with Crippen LogP contribution in [0.1, 0.15) is 16.1 Å². The molecule has 0 atom stereocenters. The number of aromatic carboxylic acids is 1. The fraction of sp³-hybridized carbons (Fsp3) is 0.0714. The summed E-state index contributed by atoms with van der Waals surface area (Å²) in [6, 6.07) is 6.83. The summed E-state index contributed by atoms with van der Waals surface area (Å²) < 4.78 is 39.8. The number of nitrogens with one attached hydrogen (secondary N) is 1. The van der Waals surface area contributed by atoms with E-state index in [9.17, 15) is 23.1 Å². The normalized spacial score (nSPS) is 12.0. The predicted octanol–water partition coefficient (Wildman–Crippen LogP) is 5.10. The Morgan fingerprint density at radius 1 is 1.23 bits per heavy atom. The number of aromatic nitrogens is 1. The zero-order chi connectivity index (χ0) is 15.9. The number of carboxylic acid groups (broad SMARTS) is 1. The van der Waals surface area contributed by atoms with Crippen molar-refractivity contribution >= 4 is 39.3 Å². The van der Waals surface area contributed by atoms with Gasteiger partial charge in [0.15, 0.2) is 0 Å². The summed E-state index contributed by atoms with van der Waals surface area (Å²) in [6.45, 7) is 0. The van der Waals surface area contributed by atoms with Crippen molar-refractivity contribution in [1.82, 2.24) is 4.98 Å². The molecule has 0 aliphatic heterocycles. The van der Waals surface area contributed by atoms with E-state index in [4.69, 9.17) is 0 Å². The fourth-order valence-corrected chi connectivity index (χ4v) is 4.20. The number of carbonyl (C=O) groups is 1. The molecule has 3 rings (SSSR count). The number of alkyl halides is 3. The van der Waals surface area contributed by atoms with Crippen LogP contribution < -0.4 is 0 Å². The van der Waals surface area contributed by atoms with Crippen LogP contribution in [0.4, 0.5) is 13.2 Å². The SMILES string of the molecule is O=C(O)c1[nH]c2ccsc2c1Sc1ccccc1C(F)(F)F. The van der Waals surface area contributed by atoms with Crippen LogP contribution in [-0.4, -0.2) is 16.1 Å². The van der Waals surface area contributed by atoms with E-state index in [1.165, 1.54) is 29.5 Å². The van der Waals surface area contributed by atoms with Gasteiger partial charge in [0.05, 0.1) is 20.7 Å². The summed E-state index contributed by atoms with van der Waals surface area (Å²) in [5, 5.41) is 11.0. The lowest BCUT2D eigenvalue weighted by Crippen LogP contribution is -2.06. The van der Waals surface area contributed by atoms with Crippen LogP contribution in [-0.2, 0) is 6.18 Å². The van der Waals surface area contributed by atoms with Gasteiger partial charge < -0.3 is 10.1 Å². The summed E-state index contributed by atoms with van der Waals surface area (Å²) in [4.78, 5) is 14.3. The minimum Gasteiger partial charge on any atom is -0.477 e. The first kappa shape index (κ1) is 15.0. The van der Waals surface area contributed by atoms with E-state index in [1.54, 1.807) is 11.4 Å². The zero-order valence-electron chi connectivity index (χ0n) is 10.8. The van der Waals surface area contributed by atoms with Crippen molar-refractivity contribution < 1.29 is 23.1 Å². The number of hydrogen-bond donors (Lipinski definition) is 2. The maximum Gasteiger partial charge on any atom is 0.417 e. The summed E-state index contributed by atoms with van der Waals surface area (Å²) in [5.41, 5.74) is -0.263. The van der Waals surface area contributed by atoms with Gasteiger partial charge in [-0.2, -0.15) is 13.2 Å². The molecule has 3 aromatic rings. The average molecular weight is 343 g/mol. The first-order valence-electron chi connectivity index (χ1n) is 6.04. The minimum atomic E-state index is -4.49. The molecule has 0 saturated carbocycles. The van der Waals surface area contributed by atoms with Crippen LogP contribution in [0.15, 0.2) is 45.5 Å². The van der Waals surface area contributed by atoms with E-state index in [1.807, 2.05) is 0 Å². The number of benzene rings is 1. The van der Waals surface area contributed by atoms with Gasteiger partial charge in [-0.25, -0.2) is 4.79 Å². The molecule has 0 aliphatic rings. The second-order valence-corrected chi connectivity index (χ2v) is 6.36. The van der Waals surface area contributed by atoms with Gasteiger partial charge in [-0.05, 0) is 23.6 Å². The largest absolute Gasteiger partial charge is 0.477 e. The third-order valence-corrected chi connectivity index (χ3v) is 5.23. The molecular weight excluding hydrogens is 335 g/mol. The highest BCUT2D eigenvalue weighted by Gasteiger charge is 2.34. The Morgan fingerprint density at radius 2 is 1.95 bits per heavy atom. The maximum atomic E-state index is 13.1. The third-order valence-electron chi connectivity index (χ3n) is 2.98. The Bertz CT molecular complexity index is 851.